The van der Waals surface area contributed by atoms with Gasteiger partial charge in [-0.05, 0) is 35.9 Å². The van der Waals surface area contributed by atoms with Gasteiger partial charge in [-0.25, -0.2) is 0 Å². The van der Waals surface area contributed by atoms with Gasteiger partial charge < -0.3 is 18.9 Å². The molecule has 2 aromatic rings. The molecule has 0 aromatic heterocycles. The number of carbonyl (C=O) groups is 1. The molecular weight excluding hydrogens is 379 g/mol. The topological polar surface area (TPSA) is 54.0 Å². The molecular formula is C19H18Cl2O5. The van der Waals surface area contributed by atoms with Gasteiger partial charge in [0.15, 0.2) is 17.3 Å². The molecule has 0 N–H and O–H groups in total. The van der Waals surface area contributed by atoms with E-state index < -0.39 is 0 Å². The standard InChI is InChI=1S/C19H18Cl2O5/c1-23-16-7-11(8-17(24-2)19(16)26-4)5-6-15(22)13-9-12(20)10-14(21)18(13)25-3/h5-10H,1-4H3/b6-5-. The molecule has 0 saturated heterocycles. The monoisotopic (exact) mass is 396 g/mol. The van der Waals surface area contributed by atoms with E-state index in [0.29, 0.717) is 27.8 Å². The van der Waals surface area contributed by atoms with Crippen LogP contribution in [0.25, 0.3) is 6.08 Å². The van der Waals surface area contributed by atoms with E-state index in [-0.39, 0.29) is 22.1 Å². The fourth-order valence-corrected chi connectivity index (χ4v) is 2.98. The fourth-order valence-electron chi connectivity index (χ4n) is 2.41. The summed E-state index contributed by atoms with van der Waals surface area (Å²) in [5, 5.41) is 0.616. The Hall–Kier alpha value is -2.37. The molecule has 0 bridgehead atoms. The summed E-state index contributed by atoms with van der Waals surface area (Å²) in [6, 6.07) is 6.48. The van der Waals surface area contributed by atoms with E-state index in [1.807, 2.05) is 0 Å². The van der Waals surface area contributed by atoms with Gasteiger partial charge in [0.25, 0.3) is 0 Å². The van der Waals surface area contributed by atoms with Crippen molar-refractivity contribution in [3.8, 4) is 23.0 Å². The zero-order valence-corrected chi connectivity index (χ0v) is 16.3. The highest BCUT2D eigenvalue weighted by Gasteiger charge is 2.16. The Balaban J connectivity index is 2.40. The van der Waals surface area contributed by atoms with Gasteiger partial charge in [-0.15, -0.1) is 0 Å². The first-order valence-corrected chi connectivity index (χ1v) is 8.26. The van der Waals surface area contributed by atoms with Gasteiger partial charge in [-0.2, -0.15) is 0 Å². The smallest absolute Gasteiger partial charge is 0.203 e. The van der Waals surface area contributed by atoms with E-state index >= 15 is 0 Å². The second kappa shape index (κ2) is 8.83. The molecule has 0 saturated carbocycles. The van der Waals surface area contributed by atoms with E-state index in [0.717, 1.165) is 0 Å². The van der Waals surface area contributed by atoms with Crippen molar-refractivity contribution in [2.45, 2.75) is 0 Å². The largest absolute Gasteiger partial charge is 0.494 e. The second-order valence-electron chi connectivity index (χ2n) is 5.12. The molecule has 2 rings (SSSR count). The van der Waals surface area contributed by atoms with Gasteiger partial charge in [-0.1, -0.05) is 29.3 Å². The summed E-state index contributed by atoms with van der Waals surface area (Å²) < 4.78 is 21.1. The molecule has 0 aliphatic rings. The highest BCUT2D eigenvalue weighted by molar-refractivity contribution is 6.36. The molecule has 0 aliphatic carbocycles. The fraction of sp³-hybridized carbons (Fsp3) is 0.211. The molecule has 0 fully saturated rings. The molecule has 0 spiro atoms. The first-order valence-electron chi connectivity index (χ1n) is 7.50. The van der Waals surface area contributed by atoms with Crippen molar-refractivity contribution >= 4 is 35.1 Å². The van der Waals surface area contributed by atoms with Gasteiger partial charge >= 0.3 is 0 Å². The number of halogens is 2. The van der Waals surface area contributed by atoms with Crippen LogP contribution in [0.3, 0.4) is 0 Å². The molecule has 7 heteroatoms. The quantitative estimate of drug-likeness (QED) is 0.490. The SMILES string of the molecule is COc1cc(/C=C\C(=O)c2cc(Cl)cc(Cl)c2OC)cc(OC)c1OC. The Morgan fingerprint density at radius 1 is 0.846 bits per heavy atom. The number of methoxy groups -OCH3 is 4. The molecule has 0 unspecified atom stereocenters. The number of ether oxygens (including phenoxy) is 4. The average Bonchev–Trinajstić information content (AvgIpc) is 2.64. The van der Waals surface area contributed by atoms with Gasteiger partial charge in [0.2, 0.25) is 5.75 Å². The van der Waals surface area contributed by atoms with Gasteiger partial charge in [0.1, 0.15) is 5.75 Å². The number of ketones is 1. The Morgan fingerprint density at radius 3 is 1.92 bits per heavy atom. The summed E-state index contributed by atoms with van der Waals surface area (Å²) in [6.45, 7) is 0. The molecule has 26 heavy (non-hydrogen) atoms. The van der Waals surface area contributed by atoms with Crippen LogP contribution in [0.5, 0.6) is 23.0 Å². The van der Waals surface area contributed by atoms with Crippen LogP contribution in [0, 0.1) is 0 Å². The molecule has 0 heterocycles. The summed E-state index contributed by atoms with van der Waals surface area (Å²) in [4.78, 5) is 12.6. The zero-order chi connectivity index (χ0) is 19.3. The lowest BCUT2D eigenvalue weighted by molar-refractivity contribution is 0.104. The second-order valence-corrected chi connectivity index (χ2v) is 5.97. The van der Waals surface area contributed by atoms with Crippen LogP contribution in [0.2, 0.25) is 10.0 Å². The number of carbonyl (C=O) groups excluding carboxylic acids is 1. The van der Waals surface area contributed by atoms with Crippen molar-refractivity contribution in [1.29, 1.82) is 0 Å². The Morgan fingerprint density at radius 2 is 1.42 bits per heavy atom. The number of benzene rings is 2. The number of rotatable bonds is 7. The lowest BCUT2D eigenvalue weighted by Crippen LogP contribution is -2.00. The third-order valence-electron chi connectivity index (χ3n) is 3.59. The minimum absolute atomic E-state index is 0.268. The Kier molecular flexibility index (Phi) is 6.77. The van der Waals surface area contributed by atoms with Crippen LogP contribution in [0.15, 0.2) is 30.3 Å². The average molecular weight is 397 g/mol. The van der Waals surface area contributed by atoms with Crippen molar-refractivity contribution in [3.05, 3.63) is 51.5 Å². The maximum Gasteiger partial charge on any atom is 0.203 e. The van der Waals surface area contributed by atoms with Gasteiger partial charge in [-0.3, -0.25) is 4.79 Å². The highest BCUT2D eigenvalue weighted by atomic mass is 35.5. The third-order valence-corrected chi connectivity index (χ3v) is 4.09. The normalized spacial score (nSPS) is 10.7. The molecule has 5 nitrogen and oxygen atoms in total. The number of hydrogen-bond donors (Lipinski definition) is 0. The zero-order valence-electron chi connectivity index (χ0n) is 14.8. The first-order chi connectivity index (χ1) is 12.4. The molecule has 2 aromatic carbocycles. The highest BCUT2D eigenvalue weighted by Crippen LogP contribution is 2.38. The van der Waals surface area contributed by atoms with Crippen molar-refractivity contribution in [3.63, 3.8) is 0 Å². The first kappa shape index (κ1) is 19.9. The van der Waals surface area contributed by atoms with Crippen molar-refractivity contribution in [2.75, 3.05) is 28.4 Å². The lowest BCUT2D eigenvalue weighted by atomic mass is 10.1. The van der Waals surface area contributed by atoms with Crippen molar-refractivity contribution in [2.24, 2.45) is 0 Å². The van der Waals surface area contributed by atoms with E-state index in [1.54, 1.807) is 18.2 Å². The molecule has 0 aliphatic heterocycles. The Bertz CT molecular complexity index is 821. The van der Waals surface area contributed by atoms with Gasteiger partial charge in [0, 0.05) is 5.02 Å². The molecule has 0 amide bonds. The van der Waals surface area contributed by atoms with Crippen LogP contribution in [0.4, 0.5) is 0 Å². The number of allylic oxidation sites excluding steroid dienone is 1. The summed E-state index contributed by atoms with van der Waals surface area (Å²) in [5.41, 5.74) is 0.966. The van der Waals surface area contributed by atoms with Crippen LogP contribution in [-0.4, -0.2) is 34.2 Å². The van der Waals surface area contributed by atoms with Crippen LogP contribution >= 0.6 is 23.2 Å². The van der Waals surface area contributed by atoms with Crippen molar-refractivity contribution in [1.82, 2.24) is 0 Å². The summed E-state index contributed by atoms with van der Waals surface area (Å²) in [5.74, 6) is 1.42. The number of hydrogen-bond acceptors (Lipinski definition) is 5. The maximum atomic E-state index is 12.6. The maximum absolute atomic E-state index is 12.6. The van der Waals surface area contributed by atoms with Crippen LogP contribution in [0.1, 0.15) is 15.9 Å². The van der Waals surface area contributed by atoms with Gasteiger partial charge in [0.05, 0.1) is 39.0 Å². The van der Waals surface area contributed by atoms with E-state index in [4.69, 9.17) is 42.1 Å². The minimum Gasteiger partial charge on any atom is -0.494 e. The minimum atomic E-state index is -0.306. The molecule has 0 radical (unpaired) electrons. The summed E-state index contributed by atoms with van der Waals surface area (Å²) in [7, 11) is 6.01. The molecule has 0 atom stereocenters. The Labute approximate surface area is 162 Å². The lowest BCUT2D eigenvalue weighted by Gasteiger charge is -2.13. The van der Waals surface area contributed by atoms with Crippen LogP contribution < -0.4 is 18.9 Å². The molecule has 138 valence electrons. The van der Waals surface area contributed by atoms with E-state index in [9.17, 15) is 4.79 Å². The van der Waals surface area contributed by atoms with E-state index in [1.165, 1.54) is 46.6 Å². The third kappa shape index (κ3) is 4.23. The predicted octanol–water partition coefficient (Wildman–Crippen LogP) is 4.92. The summed E-state index contributed by atoms with van der Waals surface area (Å²) >= 11 is 12.1. The van der Waals surface area contributed by atoms with Crippen molar-refractivity contribution < 1.29 is 23.7 Å². The van der Waals surface area contributed by atoms with E-state index in [2.05, 4.69) is 0 Å². The van der Waals surface area contributed by atoms with Crippen LogP contribution in [-0.2, 0) is 0 Å². The summed E-state index contributed by atoms with van der Waals surface area (Å²) in [6.07, 6.45) is 3.02. The predicted molar refractivity (Wildman–Crippen MR) is 102 cm³/mol.